The second-order valence-corrected chi connectivity index (χ2v) is 6.15. The molecule has 0 saturated heterocycles. The number of rotatable bonds is 2. The van der Waals surface area contributed by atoms with Crippen LogP contribution in [0.3, 0.4) is 0 Å². The van der Waals surface area contributed by atoms with E-state index in [0.29, 0.717) is 22.4 Å². The maximum absolute atomic E-state index is 12.1. The number of carbonyl (C=O) groups excluding carboxylic acids is 1. The van der Waals surface area contributed by atoms with Crippen molar-refractivity contribution in [1.29, 1.82) is 0 Å². The van der Waals surface area contributed by atoms with E-state index in [9.17, 15) is 9.59 Å². The number of H-pyrrole nitrogens is 1. The number of fused-ring (bicyclic) bond motifs is 1. The fraction of sp³-hybridized carbons (Fsp3) is 0. The van der Waals surface area contributed by atoms with Crippen molar-refractivity contribution in [2.45, 2.75) is 4.90 Å². The van der Waals surface area contributed by atoms with Gasteiger partial charge in [-0.3, -0.25) is 9.78 Å². The molecule has 0 unspecified atom stereocenters. The lowest BCUT2D eigenvalue weighted by Gasteiger charge is -2.05. The van der Waals surface area contributed by atoms with Crippen molar-refractivity contribution in [3.63, 3.8) is 0 Å². The molecule has 3 aromatic carbocycles. The number of nitrogens with two attached hydrogens (primary N) is 1. The minimum Gasteiger partial charge on any atom is -0.412 e. The molecule has 0 atom stereocenters. The molecule has 1 heterocycles. The Morgan fingerprint density at radius 2 is 1.66 bits per heavy atom. The van der Waals surface area contributed by atoms with Crippen molar-refractivity contribution >= 4 is 41.0 Å². The summed E-state index contributed by atoms with van der Waals surface area (Å²) in [6, 6.07) is 21.3. The van der Waals surface area contributed by atoms with Gasteiger partial charge >= 0.3 is 5.76 Å². The molecule has 8 nitrogen and oxygen atoms in total. The average molecular weight is 422 g/mol. The predicted octanol–water partition coefficient (Wildman–Crippen LogP) is 3.02. The lowest BCUT2D eigenvalue weighted by atomic mass is 10.2. The number of aromatic nitrogens is 1. The Bertz CT molecular complexity index is 1120. The third-order valence-electron chi connectivity index (χ3n) is 3.61. The molecule has 29 heavy (non-hydrogen) atoms. The quantitative estimate of drug-likeness (QED) is 0.289. The van der Waals surface area contributed by atoms with Crippen molar-refractivity contribution in [2.75, 3.05) is 11.1 Å². The van der Waals surface area contributed by atoms with Gasteiger partial charge in [0.15, 0.2) is 5.58 Å². The Balaban J connectivity index is -0.000000613. The normalized spacial score (nSPS) is 9.41. The van der Waals surface area contributed by atoms with Gasteiger partial charge in [0.05, 0.1) is 5.52 Å². The van der Waals surface area contributed by atoms with Crippen LogP contribution in [-0.2, 0) is 0 Å². The molecule has 0 aliphatic carbocycles. The van der Waals surface area contributed by atoms with Gasteiger partial charge in [0, 0.05) is 26.1 Å². The van der Waals surface area contributed by atoms with Gasteiger partial charge in [-0.1, -0.05) is 18.2 Å². The van der Waals surface area contributed by atoms with Gasteiger partial charge in [-0.25, -0.2) is 4.79 Å². The van der Waals surface area contributed by atoms with E-state index in [1.807, 2.05) is 30.3 Å². The topological polar surface area (TPSA) is 164 Å². The van der Waals surface area contributed by atoms with Crippen molar-refractivity contribution in [1.82, 2.24) is 4.98 Å². The van der Waals surface area contributed by atoms with Crippen LogP contribution in [0.4, 0.5) is 11.4 Å². The first kappa shape index (κ1) is 23.5. The van der Waals surface area contributed by atoms with Crippen LogP contribution in [0.15, 0.2) is 86.9 Å². The summed E-state index contributed by atoms with van der Waals surface area (Å²) in [5.41, 5.74) is 8.20. The minimum atomic E-state index is -0.540. The van der Waals surface area contributed by atoms with E-state index in [0.717, 1.165) is 10.6 Å². The Morgan fingerprint density at radius 1 is 1.00 bits per heavy atom. The molecule has 0 saturated carbocycles. The molecule has 1 amide bonds. The summed E-state index contributed by atoms with van der Waals surface area (Å²) in [7, 11) is 0. The highest BCUT2D eigenvalue weighted by Crippen LogP contribution is 2.16. The second-order valence-electron chi connectivity index (χ2n) is 5.64. The Hall–Kier alpha value is -3.53. The van der Waals surface area contributed by atoms with Crippen LogP contribution in [0.5, 0.6) is 0 Å². The molecule has 0 radical (unpaired) electrons. The average Bonchev–Trinajstić information content (AvgIpc) is 3.04. The lowest BCUT2D eigenvalue weighted by molar-refractivity contribution is 0.102. The number of hydrogen-bond acceptors (Lipinski definition) is 5. The number of thiol groups is 1. The van der Waals surface area contributed by atoms with Crippen molar-refractivity contribution < 1.29 is 24.4 Å². The first-order valence-corrected chi connectivity index (χ1v) is 8.50. The van der Waals surface area contributed by atoms with Crippen molar-refractivity contribution in [3.05, 3.63) is 88.9 Å². The molecule has 0 bridgehead atoms. The molecule has 0 aliphatic heterocycles. The van der Waals surface area contributed by atoms with Crippen LogP contribution in [0.1, 0.15) is 14.6 Å². The molecule has 1 aromatic heterocycles. The highest BCUT2D eigenvalue weighted by atomic mass is 32.1. The molecule has 0 spiro atoms. The molecular formula is C20H27N3O5S. The summed E-state index contributed by atoms with van der Waals surface area (Å²) in [5, 5.41) is 2.76. The molecule has 9 heteroatoms. The second kappa shape index (κ2) is 10.7. The molecular weight excluding hydrogens is 394 g/mol. The summed E-state index contributed by atoms with van der Waals surface area (Å²) < 4.78 is 4.88. The zero-order valence-corrected chi connectivity index (χ0v) is 16.1. The van der Waals surface area contributed by atoms with Gasteiger partial charge in [-0.05, 0) is 54.6 Å². The van der Waals surface area contributed by atoms with E-state index >= 15 is 0 Å². The predicted molar refractivity (Wildman–Crippen MR) is 123 cm³/mol. The number of nitrogen functional groups attached to an aromatic ring is 1. The third kappa shape index (κ3) is 6.54. The zero-order valence-electron chi connectivity index (χ0n) is 15.2. The number of para-hydroxylation sites is 1. The van der Waals surface area contributed by atoms with Gasteiger partial charge in [0.1, 0.15) is 0 Å². The number of benzene rings is 3. The summed E-state index contributed by atoms with van der Waals surface area (Å²) >= 11 is 4.18. The highest BCUT2D eigenvalue weighted by molar-refractivity contribution is 7.80. The van der Waals surface area contributed by atoms with E-state index < -0.39 is 5.76 Å². The Morgan fingerprint density at radius 3 is 2.24 bits per heavy atom. The number of nitrogens with one attached hydrogen (secondary N) is 2. The summed E-state index contributed by atoms with van der Waals surface area (Å²) in [4.78, 5) is 26.5. The summed E-state index contributed by atoms with van der Waals surface area (Å²) in [6.45, 7) is 0. The van der Waals surface area contributed by atoms with Gasteiger partial charge in [-0.2, -0.15) is 0 Å². The summed E-state index contributed by atoms with van der Waals surface area (Å²) in [5.74, 6) is -0.803. The molecule has 4 aromatic rings. The van der Waals surface area contributed by atoms with Crippen LogP contribution < -0.4 is 16.8 Å². The lowest BCUT2D eigenvalue weighted by Crippen LogP contribution is -2.11. The molecule has 8 N–H and O–H groups in total. The van der Waals surface area contributed by atoms with Crippen molar-refractivity contribution in [2.24, 2.45) is 0 Å². The van der Waals surface area contributed by atoms with E-state index in [1.165, 1.54) is 0 Å². The number of carbonyl (C=O) groups is 1. The number of anilines is 2. The maximum atomic E-state index is 12.1. The number of amides is 1. The minimum absolute atomic E-state index is 0. The van der Waals surface area contributed by atoms with Gasteiger partial charge in [0.25, 0.3) is 5.91 Å². The molecule has 0 aliphatic rings. The third-order valence-corrected chi connectivity index (χ3v) is 3.90. The Labute approximate surface area is 175 Å². The Kier molecular flexibility index (Phi) is 8.69. The van der Waals surface area contributed by atoms with Gasteiger partial charge in [-0.15, -0.1) is 12.6 Å². The SMILES string of the molecule is Nc1ccccc1.O.O.O=C(Nc1ccc(S)cc1)c1ccc2oc(=O)[nH]c2c1.[HH].[HH].[HH]. The van der Waals surface area contributed by atoms with Gasteiger partial charge in [0.2, 0.25) is 0 Å². The molecule has 4 rings (SSSR count). The van der Waals surface area contributed by atoms with Crippen LogP contribution in [0, 0.1) is 0 Å². The molecule has 0 fully saturated rings. The largest absolute Gasteiger partial charge is 0.417 e. The zero-order chi connectivity index (χ0) is 19.2. The fourth-order valence-corrected chi connectivity index (χ4v) is 2.44. The van der Waals surface area contributed by atoms with Crippen LogP contribution >= 0.6 is 12.6 Å². The summed E-state index contributed by atoms with van der Waals surface area (Å²) in [6.07, 6.45) is 0. The van der Waals surface area contributed by atoms with Crippen LogP contribution in [-0.4, -0.2) is 21.8 Å². The van der Waals surface area contributed by atoms with Crippen LogP contribution in [0.25, 0.3) is 11.1 Å². The standard InChI is InChI=1S/C14H10N2O3S.C6H7N.2H2O.3H2/c17-13(15-9-2-4-10(20)5-3-9)8-1-6-12-11(7-8)16-14(18)19-12;7-6-4-2-1-3-5-6;;;;;/h1-7,20H,(H,15,17)(H,16,18);1-5H,7H2;2*1H2;3*1H. The highest BCUT2D eigenvalue weighted by Gasteiger charge is 2.09. The fourth-order valence-electron chi connectivity index (χ4n) is 2.29. The molecule has 158 valence electrons. The van der Waals surface area contributed by atoms with E-state index in [4.69, 9.17) is 10.2 Å². The monoisotopic (exact) mass is 421 g/mol. The van der Waals surface area contributed by atoms with E-state index in [2.05, 4.69) is 22.9 Å². The van der Waals surface area contributed by atoms with E-state index in [-0.39, 0.29) is 21.1 Å². The number of oxazole rings is 1. The first-order valence-electron chi connectivity index (χ1n) is 8.05. The first-order chi connectivity index (χ1) is 13.0. The number of aromatic amines is 1. The number of hydrogen-bond donors (Lipinski definition) is 4. The van der Waals surface area contributed by atoms with Crippen LogP contribution in [0.2, 0.25) is 0 Å². The smallest absolute Gasteiger partial charge is 0.412 e. The maximum Gasteiger partial charge on any atom is 0.417 e. The van der Waals surface area contributed by atoms with Crippen molar-refractivity contribution in [3.8, 4) is 0 Å². The van der Waals surface area contributed by atoms with E-state index in [1.54, 1.807) is 42.5 Å². The van der Waals surface area contributed by atoms with Gasteiger partial charge < -0.3 is 26.4 Å².